The number of carbonyl (C=O) groups excluding carboxylic acids is 1. The second-order valence-electron chi connectivity index (χ2n) is 7.76. The summed E-state index contributed by atoms with van der Waals surface area (Å²) in [6.45, 7) is 4.43. The molecule has 0 saturated carbocycles. The zero-order chi connectivity index (χ0) is 24.5. The van der Waals surface area contributed by atoms with Gasteiger partial charge in [-0.3, -0.25) is 0 Å². The Kier molecular flexibility index (Phi) is 6.31. The first-order chi connectivity index (χ1) is 17.0. The molecule has 0 unspecified atom stereocenters. The Morgan fingerprint density at radius 1 is 1.17 bits per heavy atom. The van der Waals surface area contributed by atoms with Crippen LogP contribution in [0.2, 0.25) is 0 Å². The number of thiophene rings is 1. The first-order valence-electron chi connectivity index (χ1n) is 10.9. The van der Waals surface area contributed by atoms with Crippen molar-refractivity contribution in [1.82, 2.24) is 19.7 Å². The van der Waals surface area contributed by atoms with E-state index in [1.165, 1.54) is 18.4 Å². The number of H-pyrrole nitrogens is 1. The number of nitrogens with one attached hydrogen (secondary N) is 1. The fraction of sp³-hybridized carbons (Fsp3) is 0.200. The second kappa shape index (κ2) is 9.55. The highest BCUT2D eigenvalue weighted by Gasteiger charge is 2.25. The van der Waals surface area contributed by atoms with Gasteiger partial charge < -0.3 is 13.8 Å². The van der Waals surface area contributed by atoms with Crippen molar-refractivity contribution in [1.29, 1.82) is 0 Å². The third-order valence-electron chi connectivity index (χ3n) is 5.62. The van der Waals surface area contributed by atoms with Gasteiger partial charge in [0.2, 0.25) is 0 Å². The average molecular weight is 507 g/mol. The molecule has 0 bridgehead atoms. The number of ether oxygens (including phenoxy) is 1. The number of esters is 1. The maximum atomic E-state index is 12.6. The molecule has 0 aliphatic rings. The number of thioether (sulfide) groups is 1. The van der Waals surface area contributed by atoms with Crippen molar-refractivity contribution >= 4 is 40.1 Å². The van der Waals surface area contributed by atoms with Gasteiger partial charge >= 0.3 is 11.7 Å². The molecule has 10 heteroatoms. The molecule has 3 aromatic heterocycles. The Bertz CT molecular complexity index is 1580. The Morgan fingerprint density at radius 3 is 2.66 bits per heavy atom. The largest absolute Gasteiger partial charge is 0.465 e. The van der Waals surface area contributed by atoms with Crippen molar-refractivity contribution in [2.45, 2.75) is 25.5 Å². The van der Waals surface area contributed by atoms with Crippen LogP contribution in [-0.2, 0) is 11.3 Å². The first-order valence-corrected chi connectivity index (χ1v) is 12.7. The number of aromatic nitrogens is 4. The molecule has 0 atom stereocenters. The summed E-state index contributed by atoms with van der Waals surface area (Å²) < 4.78 is 12.0. The van der Waals surface area contributed by atoms with Crippen molar-refractivity contribution in [3.8, 4) is 22.5 Å². The highest BCUT2D eigenvalue weighted by atomic mass is 32.2. The van der Waals surface area contributed by atoms with Crippen molar-refractivity contribution in [3.63, 3.8) is 0 Å². The van der Waals surface area contributed by atoms with Crippen molar-refractivity contribution in [3.05, 3.63) is 74.4 Å². The summed E-state index contributed by atoms with van der Waals surface area (Å²) >= 11 is 2.99. The summed E-state index contributed by atoms with van der Waals surface area (Å²) in [6, 6.07) is 16.0. The predicted molar refractivity (Wildman–Crippen MR) is 137 cm³/mol. The Morgan fingerprint density at radius 2 is 1.97 bits per heavy atom. The number of hydrogen-bond acceptors (Lipinski definition) is 8. The summed E-state index contributed by atoms with van der Waals surface area (Å²) in [5.74, 6) is 0.0949. The molecule has 0 radical (unpaired) electrons. The number of aryl methyl sites for hydroxylation is 1. The number of nitrogens with zero attached hydrogens (tertiary/aromatic N) is 3. The molecule has 178 valence electrons. The molecule has 2 aromatic carbocycles. The van der Waals surface area contributed by atoms with Gasteiger partial charge in [-0.25, -0.2) is 14.6 Å². The van der Waals surface area contributed by atoms with Gasteiger partial charge in [0.05, 0.1) is 19.2 Å². The minimum atomic E-state index is -0.690. The monoisotopic (exact) mass is 506 g/mol. The lowest BCUT2D eigenvalue weighted by atomic mass is 9.98. The van der Waals surface area contributed by atoms with Gasteiger partial charge in [0.25, 0.3) is 0 Å². The number of rotatable bonds is 7. The smallest absolute Gasteiger partial charge is 0.460 e. The van der Waals surface area contributed by atoms with Gasteiger partial charge in [-0.1, -0.05) is 61.2 Å². The third-order valence-corrected chi connectivity index (χ3v) is 7.54. The molecule has 0 spiro atoms. The molecule has 5 aromatic rings. The molecule has 0 amide bonds. The van der Waals surface area contributed by atoms with Gasteiger partial charge in [0.15, 0.2) is 11.0 Å². The van der Waals surface area contributed by atoms with E-state index in [1.807, 2.05) is 60.0 Å². The number of imidazole rings is 1. The number of aromatic amines is 1. The minimum Gasteiger partial charge on any atom is -0.465 e. The molecule has 1 N–H and O–H groups in total. The van der Waals surface area contributed by atoms with Crippen LogP contribution >= 0.6 is 23.1 Å². The molecule has 8 nitrogen and oxygen atoms in total. The number of methoxy groups -OCH3 is 1. The number of benzene rings is 2. The topological polar surface area (TPSA) is 103 Å². The van der Waals surface area contributed by atoms with Crippen LogP contribution in [0.4, 0.5) is 0 Å². The van der Waals surface area contributed by atoms with Crippen LogP contribution in [0.15, 0.2) is 63.0 Å². The zero-order valence-corrected chi connectivity index (χ0v) is 21.0. The summed E-state index contributed by atoms with van der Waals surface area (Å²) in [6.07, 6.45) is 0. The van der Waals surface area contributed by atoms with Crippen LogP contribution < -0.4 is 5.76 Å². The molecular weight excluding hydrogens is 484 g/mol. The van der Waals surface area contributed by atoms with E-state index in [2.05, 4.69) is 17.1 Å². The van der Waals surface area contributed by atoms with E-state index in [-0.39, 0.29) is 5.97 Å². The van der Waals surface area contributed by atoms with Gasteiger partial charge in [-0.15, -0.1) is 11.3 Å². The quantitative estimate of drug-likeness (QED) is 0.234. The minimum absolute atomic E-state index is 0.346. The highest BCUT2D eigenvalue weighted by Crippen LogP contribution is 2.36. The summed E-state index contributed by atoms with van der Waals surface area (Å²) in [7, 11) is 1.38. The number of hydrogen-bond donors (Lipinski definition) is 1. The van der Waals surface area contributed by atoms with Crippen LogP contribution in [0, 0.1) is 6.92 Å². The van der Waals surface area contributed by atoms with E-state index in [4.69, 9.17) is 14.2 Å². The van der Waals surface area contributed by atoms with Crippen molar-refractivity contribution in [2.24, 2.45) is 0 Å². The van der Waals surface area contributed by atoms with Crippen LogP contribution in [0.25, 0.3) is 33.5 Å². The van der Waals surface area contributed by atoms with Gasteiger partial charge in [-0.2, -0.15) is 10.1 Å². The van der Waals surface area contributed by atoms with Crippen LogP contribution in [-0.4, -0.2) is 38.5 Å². The van der Waals surface area contributed by atoms with E-state index in [0.717, 1.165) is 49.1 Å². The van der Waals surface area contributed by atoms with E-state index in [1.54, 1.807) is 11.8 Å². The van der Waals surface area contributed by atoms with E-state index < -0.39 is 5.76 Å². The van der Waals surface area contributed by atoms with E-state index >= 15 is 0 Å². The lowest BCUT2D eigenvalue weighted by Crippen LogP contribution is -2.07. The fourth-order valence-corrected chi connectivity index (χ4v) is 5.78. The Hall–Kier alpha value is -3.63. The fourth-order valence-electron chi connectivity index (χ4n) is 4.03. The molecule has 35 heavy (non-hydrogen) atoms. The number of carbonyl (C=O) groups is 1. The van der Waals surface area contributed by atoms with Crippen LogP contribution in [0.3, 0.4) is 0 Å². The van der Waals surface area contributed by atoms with Gasteiger partial charge in [0.1, 0.15) is 10.4 Å². The normalized spacial score (nSPS) is 11.3. The maximum Gasteiger partial charge on any atom is 0.460 e. The summed E-state index contributed by atoms with van der Waals surface area (Å²) in [5, 5.41) is 3.45. The van der Waals surface area contributed by atoms with Gasteiger partial charge in [-0.05, 0) is 35.4 Å². The van der Waals surface area contributed by atoms with Crippen LogP contribution in [0.5, 0.6) is 0 Å². The SMILES string of the molecule is CCSc1nc2c(C)sc(C(=O)OC)c2n1Cc1ccc(-c2ccccc2)cc1-c1nc(=O)o[nH]1. The number of fused-ring (bicyclic) bond motifs is 1. The molecule has 3 heterocycles. The molecule has 0 saturated heterocycles. The Labute approximate surface area is 208 Å². The zero-order valence-electron chi connectivity index (χ0n) is 19.3. The molecule has 0 fully saturated rings. The molecule has 5 rings (SSSR count). The van der Waals surface area contributed by atoms with Crippen molar-refractivity contribution < 1.29 is 14.1 Å². The maximum absolute atomic E-state index is 12.6. The summed E-state index contributed by atoms with van der Waals surface area (Å²) in [4.78, 5) is 34.7. The molecule has 0 aliphatic carbocycles. The predicted octanol–water partition coefficient (Wildman–Crippen LogP) is 5.36. The average Bonchev–Trinajstić information content (AvgIpc) is 3.55. The first kappa shape index (κ1) is 23.1. The third kappa shape index (κ3) is 4.30. The van der Waals surface area contributed by atoms with Gasteiger partial charge in [0, 0.05) is 10.4 Å². The van der Waals surface area contributed by atoms with Crippen LogP contribution in [0.1, 0.15) is 27.0 Å². The molecule has 0 aliphatic heterocycles. The Balaban J connectivity index is 1.69. The lowest BCUT2D eigenvalue weighted by molar-refractivity contribution is 0.0608. The highest BCUT2D eigenvalue weighted by molar-refractivity contribution is 7.99. The van der Waals surface area contributed by atoms with E-state index in [0.29, 0.717) is 17.2 Å². The standard InChI is InChI=1S/C25H22N4O4S2/c1-4-34-24-26-19-14(2)35-21(23(30)32-3)20(19)29(24)13-17-11-10-16(15-8-6-5-7-9-15)12-18(17)22-27-25(31)33-28-22/h5-12H,4,13H2,1-3H3,(H,27,28,31). The van der Waals surface area contributed by atoms with E-state index in [9.17, 15) is 9.59 Å². The lowest BCUT2D eigenvalue weighted by Gasteiger charge is -2.14. The van der Waals surface area contributed by atoms with Crippen molar-refractivity contribution in [2.75, 3.05) is 12.9 Å². The molecular formula is C25H22N4O4S2. The summed E-state index contributed by atoms with van der Waals surface area (Å²) in [5.41, 5.74) is 5.20. The second-order valence-corrected chi connectivity index (χ2v) is 10.2.